The zero-order valence-corrected chi connectivity index (χ0v) is 20.4. The predicted octanol–water partition coefficient (Wildman–Crippen LogP) is 4.72. The molecule has 0 saturated heterocycles. The zero-order valence-electron chi connectivity index (χ0n) is 18.9. The van der Waals surface area contributed by atoms with Crippen LogP contribution in [0.1, 0.15) is 16.7 Å². The van der Waals surface area contributed by atoms with E-state index < -0.39 is 17.7 Å². The Morgan fingerprint density at radius 1 is 0.886 bits per heavy atom. The van der Waals surface area contributed by atoms with E-state index in [1.54, 1.807) is 36.4 Å². The smallest absolute Gasteiger partial charge is 0.329 e. The molecular weight excluding hydrogens is 491 g/mol. The van der Waals surface area contributed by atoms with Crippen molar-refractivity contribution in [1.29, 1.82) is 0 Å². The molecule has 0 unspecified atom stereocenters. The van der Waals surface area contributed by atoms with E-state index >= 15 is 0 Å². The van der Waals surface area contributed by atoms with Crippen LogP contribution in [-0.4, -0.2) is 30.5 Å². The van der Waals surface area contributed by atoms with Crippen molar-refractivity contribution in [2.75, 3.05) is 17.2 Å². The summed E-state index contributed by atoms with van der Waals surface area (Å²) in [6, 6.07) is 17.0. The molecule has 0 aliphatic heterocycles. The monoisotopic (exact) mass is 512 g/mol. The zero-order chi connectivity index (χ0) is 25.4. The van der Waals surface area contributed by atoms with E-state index in [9.17, 15) is 14.4 Å². The fourth-order valence-electron chi connectivity index (χ4n) is 3.03. The lowest BCUT2D eigenvalue weighted by atomic mass is 10.1. The SMILES string of the molecule is Cc1cccc(C)c1NC(=O)C(=O)N/N=C\c1ccccc1OCC(=O)Nc1ccc(Cl)c(Cl)c1. The quantitative estimate of drug-likeness (QED) is 0.241. The van der Waals surface area contributed by atoms with Gasteiger partial charge in [0.2, 0.25) is 0 Å². The normalized spacial score (nSPS) is 10.6. The lowest BCUT2D eigenvalue weighted by Crippen LogP contribution is -2.32. The van der Waals surface area contributed by atoms with Crippen molar-refractivity contribution >= 4 is 58.5 Å². The number of anilines is 2. The van der Waals surface area contributed by atoms with Gasteiger partial charge in [-0.05, 0) is 55.3 Å². The van der Waals surface area contributed by atoms with Gasteiger partial charge in [-0.3, -0.25) is 14.4 Å². The number of para-hydroxylation sites is 2. The van der Waals surface area contributed by atoms with Crippen LogP contribution < -0.4 is 20.8 Å². The third kappa shape index (κ3) is 7.30. The highest BCUT2D eigenvalue weighted by Gasteiger charge is 2.15. The van der Waals surface area contributed by atoms with Gasteiger partial charge in [-0.25, -0.2) is 5.43 Å². The average molecular weight is 513 g/mol. The summed E-state index contributed by atoms with van der Waals surface area (Å²) in [5, 5.41) is 9.77. The molecule has 0 radical (unpaired) electrons. The number of amides is 3. The van der Waals surface area contributed by atoms with E-state index in [1.165, 1.54) is 12.3 Å². The number of benzene rings is 3. The Labute approximate surface area is 212 Å². The molecule has 3 aromatic rings. The fraction of sp³-hybridized carbons (Fsp3) is 0.120. The minimum absolute atomic E-state index is 0.282. The van der Waals surface area contributed by atoms with Gasteiger partial charge in [0.25, 0.3) is 5.91 Å². The highest BCUT2D eigenvalue weighted by molar-refractivity contribution is 6.42. The van der Waals surface area contributed by atoms with Crippen molar-refractivity contribution in [3.8, 4) is 5.75 Å². The number of nitrogens with one attached hydrogen (secondary N) is 3. The largest absolute Gasteiger partial charge is 0.483 e. The molecular formula is C25H22Cl2N4O4. The van der Waals surface area contributed by atoms with E-state index in [4.69, 9.17) is 27.9 Å². The molecule has 8 nitrogen and oxygen atoms in total. The number of nitrogens with zero attached hydrogens (tertiary/aromatic N) is 1. The molecule has 0 spiro atoms. The van der Waals surface area contributed by atoms with Gasteiger partial charge >= 0.3 is 11.8 Å². The molecule has 0 heterocycles. The number of aryl methyl sites for hydroxylation is 2. The van der Waals surface area contributed by atoms with Gasteiger partial charge in [-0.15, -0.1) is 0 Å². The maximum Gasteiger partial charge on any atom is 0.329 e. The first-order chi connectivity index (χ1) is 16.7. The van der Waals surface area contributed by atoms with Crippen LogP contribution in [0.3, 0.4) is 0 Å². The first kappa shape index (κ1) is 25.7. The molecule has 0 bridgehead atoms. The third-order valence-corrected chi connectivity index (χ3v) is 5.52. The summed E-state index contributed by atoms with van der Waals surface area (Å²) in [6.45, 7) is 3.39. The van der Waals surface area contributed by atoms with E-state index in [-0.39, 0.29) is 6.61 Å². The molecule has 3 rings (SSSR count). The maximum atomic E-state index is 12.2. The van der Waals surface area contributed by atoms with E-state index in [0.717, 1.165) is 11.1 Å². The summed E-state index contributed by atoms with van der Waals surface area (Å²) in [6.07, 6.45) is 1.32. The van der Waals surface area contributed by atoms with E-state index in [2.05, 4.69) is 21.2 Å². The summed E-state index contributed by atoms with van der Waals surface area (Å²) >= 11 is 11.8. The summed E-state index contributed by atoms with van der Waals surface area (Å²) in [7, 11) is 0. The molecule has 0 aliphatic carbocycles. The van der Waals surface area contributed by atoms with Crippen LogP contribution >= 0.6 is 23.2 Å². The van der Waals surface area contributed by atoms with Crippen molar-refractivity contribution in [3.63, 3.8) is 0 Å². The second-order valence-electron chi connectivity index (χ2n) is 7.42. The molecule has 0 atom stereocenters. The fourth-order valence-corrected chi connectivity index (χ4v) is 3.32. The molecule has 3 aromatic carbocycles. The van der Waals surface area contributed by atoms with Crippen LogP contribution in [0.25, 0.3) is 0 Å². The predicted molar refractivity (Wildman–Crippen MR) is 137 cm³/mol. The summed E-state index contributed by atoms with van der Waals surface area (Å²) in [5.41, 5.74) is 5.40. The number of hydrogen-bond donors (Lipinski definition) is 3. The van der Waals surface area contributed by atoms with Gasteiger partial charge in [0.15, 0.2) is 6.61 Å². The average Bonchev–Trinajstić information content (AvgIpc) is 2.83. The summed E-state index contributed by atoms with van der Waals surface area (Å²) in [4.78, 5) is 36.6. The van der Waals surface area contributed by atoms with Crippen LogP contribution in [0.2, 0.25) is 10.0 Å². The van der Waals surface area contributed by atoms with Crippen LogP contribution in [-0.2, 0) is 14.4 Å². The van der Waals surface area contributed by atoms with Crippen molar-refractivity contribution in [2.24, 2.45) is 5.10 Å². The van der Waals surface area contributed by atoms with Gasteiger partial charge in [-0.2, -0.15) is 5.10 Å². The Bertz CT molecular complexity index is 1270. The number of ether oxygens (including phenoxy) is 1. The molecule has 0 aliphatic rings. The van der Waals surface area contributed by atoms with E-state index in [0.29, 0.717) is 32.7 Å². The van der Waals surface area contributed by atoms with E-state index in [1.807, 2.05) is 32.0 Å². The van der Waals surface area contributed by atoms with Crippen LogP contribution in [0.15, 0.2) is 65.8 Å². The Balaban J connectivity index is 1.56. The molecule has 35 heavy (non-hydrogen) atoms. The standard InChI is InChI=1S/C25H22Cl2N4O4/c1-15-6-5-7-16(2)23(15)30-24(33)25(34)31-28-13-17-8-3-4-9-21(17)35-14-22(32)29-18-10-11-19(26)20(27)12-18/h3-13H,14H2,1-2H3,(H,29,32)(H,30,33)(H,31,34)/b28-13-. The van der Waals surface area contributed by atoms with Crippen molar-refractivity contribution in [3.05, 3.63) is 87.4 Å². The lowest BCUT2D eigenvalue weighted by molar-refractivity contribution is -0.136. The Morgan fingerprint density at radius 3 is 2.31 bits per heavy atom. The van der Waals surface area contributed by atoms with Gasteiger partial charge < -0.3 is 15.4 Å². The molecule has 0 fully saturated rings. The highest BCUT2D eigenvalue weighted by atomic mass is 35.5. The Morgan fingerprint density at radius 2 is 1.60 bits per heavy atom. The molecule has 3 amide bonds. The molecule has 0 aromatic heterocycles. The molecule has 180 valence electrons. The number of hydrazone groups is 1. The Hall–Kier alpha value is -3.88. The van der Waals surface area contributed by atoms with Crippen molar-refractivity contribution < 1.29 is 19.1 Å². The molecule has 3 N–H and O–H groups in total. The first-order valence-electron chi connectivity index (χ1n) is 10.4. The second-order valence-corrected chi connectivity index (χ2v) is 8.24. The van der Waals surface area contributed by atoms with Crippen molar-refractivity contribution in [1.82, 2.24) is 5.43 Å². The van der Waals surface area contributed by atoms with Crippen molar-refractivity contribution in [2.45, 2.75) is 13.8 Å². The molecule has 10 heteroatoms. The van der Waals surface area contributed by atoms with Gasteiger partial charge in [0, 0.05) is 16.9 Å². The number of carbonyl (C=O) groups is 3. The number of hydrogen-bond acceptors (Lipinski definition) is 5. The van der Waals surface area contributed by atoms with Gasteiger partial charge in [0.05, 0.1) is 16.3 Å². The first-order valence-corrected chi connectivity index (χ1v) is 11.2. The lowest BCUT2D eigenvalue weighted by Gasteiger charge is -2.11. The highest BCUT2D eigenvalue weighted by Crippen LogP contribution is 2.25. The van der Waals surface area contributed by atoms with Gasteiger partial charge in [-0.1, -0.05) is 53.5 Å². The number of carbonyl (C=O) groups excluding carboxylic acids is 3. The summed E-state index contributed by atoms with van der Waals surface area (Å²) in [5.74, 6) is -1.83. The Kier molecular flexibility index (Phi) is 8.83. The third-order valence-electron chi connectivity index (χ3n) is 4.78. The topological polar surface area (TPSA) is 109 Å². The minimum Gasteiger partial charge on any atom is -0.483 e. The minimum atomic E-state index is -0.927. The van der Waals surface area contributed by atoms with Crippen LogP contribution in [0.5, 0.6) is 5.75 Å². The second kappa shape index (κ2) is 12.0. The maximum absolute atomic E-state index is 12.2. The summed E-state index contributed by atoms with van der Waals surface area (Å²) < 4.78 is 5.58. The van der Waals surface area contributed by atoms with Gasteiger partial charge in [0.1, 0.15) is 5.75 Å². The van der Waals surface area contributed by atoms with Crippen LogP contribution in [0.4, 0.5) is 11.4 Å². The van der Waals surface area contributed by atoms with Crippen LogP contribution in [0, 0.1) is 13.8 Å². The number of halogens is 2. The number of rotatable bonds is 7. The molecule has 0 saturated carbocycles.